The highest BCUT2D eigenvalue weighted by molar-refractivity contribution is 9.09. The van der Waals surface area contributed by atoms with Crippen LogP contribution in [0.1, 0.15) is 36.3 Å². The van der Waals surface area contributed by atoms with Gasteiger partial charge in [0.1, 0.15) is 0 Å². The zero-order valence-electron chi connectivity index (χ0n) is 10.0. The van der Waals surface area contributed by atoms with E-state index in [-0.39, 0.29) is 0 Å². The van der Waals surface area contributed by atoms with E-state index in [2.05, 4.69) is 34.7 Å². The van der Waals surface area contributed by atoms with E-state index in [9.17, 15) is 0 Å². The van der Waals surface area contributed by atoms with Gasteiger partial charge >= 0.3 is 0 Å². The van der Waals surface area contributed by atoms with Crippen LogP contribution in [-0.2, 0) is 0 Å². The molecule has 1 heterocycles. The van der Waals surface area contributed by atoms with Gasteiger partial charge in [-0.05, 0) is 39.5 Å². The van der Waals surface area contributed by atoms with Crippen molar-refractivity contribution in [2.24, 2.45) is 0 Å². The molecule has 4 heteroatoms. The van der Waals surface area contributed by atoms with E-state index in [0.717, 1.165) is 17.9 Å². The molecule has 16 heavy (non-hydrogen) atoms. The Bertz CT molecular complexity index is 327. The van der Waals surface area contributed by atoms with Crippen LogP contribution >= 0.6 is 27.3 Å². The van der Waals surface area contributed by atoms with Crippen LogP contribution in [0.25, 0.3) is 0 Å². The predicted octanol–water partition coefficient (Wildman–Crippen LogP) is 3.90. The molecule has 2 rings (SSSR count). The number of aryl methyl sites for hydroxylation is 2. The molecule has 1 aliphatic carbocycles. The second-order valence-corrected chi connectivity index (χ2v) is 6.43. The second-order valence-electron chi connectivity index (χ2n) is 4.46. The summed E-state index contributed by atoms with van der Waals surface area (Å²) in [5.41, 5.74) is 1.20. The van der Waals surface area contributed by atoms with Gasteiger partial charge in [0.25, 0.3) is 0 Å². The van der Waals surface area contributed by atoms with Crippen molar-refractivity contribution in [1.29, 1.82) is 0 Å². The fourth-order valence-corrected chi connectivity index (χ4v) is 3.20. The molecule has 1 aromatic rings. The van der Waals surface area contributed by atoms with E-state index in [4.69, 9.17) is 4.98 Å². The Morgan fingerprint density at radius 1 is 1.44 bits per heavy atom. The molecular weight excluding hydrogens is 284 g/mol. The van der Waals surface area contributed by atoms with Gasteiger partial charge in [-0.2, -0.15) is 0 Å². The van der Waals surface area contributed by atoms with E-state index in [1.807, 2.05) is 11.3 Å². The fraction of sp³-hybridized carbons (Fsp3) is 0.750. The third-order valence-electron chi connectivity index (χ3n) is 3.31. The maximum atomic E-state index is 4.70. The maximum absolute atomic E-state index is 4.70. The lowest BCUT2D eigenvalue weighted by molar-refractivity contribution is 0.386. The number of halogens is 1. The first-order chi connectivity index (χ1) is 7.72. The summed E-state index contributed by atoms with van der Waals surface area (Å²) in [6, 6.07) is 0.754. The highest BCUT2D eigenvalue weighted by Crippen LogP contribution is 2.33. The average molecular weight is 303 g/mol. The van der Waals surface area contributed by atoms with Crippen molar-refractivity contribution in [2.75, 3.05) is 16.8 Å². The minimum Gasteiger partial charge on any atom is -0.345 e. The Labute approximate surface area is 110 Å². The molecule has 0 bridgehead atoms. The van der Waals surface area contributed by atoms with Crippen LogP contribution in [0.3, 0.4) is 0 Å². The van der Waals surface area contributed by atoms with E-state index in [1.165, 1.54) is 41.4 Å². The number of nitrogens with zero attached hydrogens (tertiary/aromatic N) is 2. The van der Waals surface area contributed by atoms with Crippen molar-refractivity contribution in [3.63, 3.8) is 0 Å². The average Bonchev–Trinajstić information content (AvgIpc) is 2.50. The summed E-state index contributed by atoms with van der Waals surface area (Å²) in [5.74, 6) is 0. The largest absolute Gasteiger partial charge is 0.345 e. The molecule has 0 aromatic carbocycles. The molecule has 1 aliphatic rings. The van der Waals surface area contributed by atoms with Gasteiger partial charge in [0.2, 0.25) is 0 Å². The molecular formula is C12H19BrN2S. The van der Waals surface area contributed by atoms with Gasteiger partial charge < -0.3 is 4.90 Å². The summed E-state index contributed by atoms with van der Waals surface area (Å²) in [7, 11) is 0. The summed E-state index contributed by atoms with van der Waals surface area (Å²) in [5, 5.41) is 2.32. The number of alkyl halides is 1. The normalized spacial score (nSPS) is 16.2. The summed E-state index contributed by atoms with van der Waals surface area (Å²) in [6.45, 7) is 5.42. The van der Waals surface area contributed by atoms with E-state index < -0.39 is 0 Å². The summed E-state index contributed by atoms with van der Waals surface area (Å²) < 4.78 is 0. The zero-order valence-corrected chi connectivity index (χ0v) is 12.4. The molecule has 0 aliphatic heterocycles. The first-order valence-electron chi connectivity index (χ1n) is 5.99. The van der Waals surface area contributed by atoms with Crippen LogP contribution in [0.5, 0.6) is 0 Å². The van der Waals surface area contributed by atoms with Gasteiger partial charge in [0.15, 0.2) is 5.13 Å². The number of rotatable bonds is 5. The molecule has 1 aromatic heterocycles. The van der Waals surface area contributed by atoms with Gasteiger partial charge in [0.05, 0.1) is 5.69 Å². The maximum Gasteiger partial charge on any atom is 0.186 e. The number of thiazole rings is 1. The number of aromatic nitrogens is 1. The van der Waals surface area contributed by atoms with Gasteiger partial charge in [-0.3, -0.25) is 0 Å². The summed E-state index contributed by atoms with van der Waals surface area (Å²) in [4.78, 5) is 8.58. The van der Waals surface area contributed by atoms with Crippen LogP contribution in [0, 0.1) is 13.8 Å². The molecule has 0 amide bonds. The van der Waals surface area contributed by atoms with Crippen molar-refractivity contribution >= 4 is 32.4 Å². The quantitative estimate of drug-likeness (QED) is 0.767. The predicted molar refractivity (Wildman–Crippen MR) is 75.0 cm³/mol. The van der Waals surface area contributed by atoms with E-state index in [0.29, 0.717) is 0 Å². The summed E-state index contributed by atoms with van der Waals surface area (Å²) >= 11 is 5.37. The molecule has 2 nitrogen and oxygen atoms in total. The Balaban J connectivity index is 2.10. The number of hydrogen-bond acceptors (Lipinski definition) is 3. The standard InChI is InChI=1S/C12H19BrN2S/c1-9-10(2)16-12(14-9)15(8-4-7-13)11-5-3-6-11/h11H,3-8H2,1-2H3. The topological polar surface area (TPSA) is 16.1 Å². The molecule has 1 saturated carbocycles. The van der Waals surface area contributed by atoms with Crippen LogP contribution in [0.2, 0.25) is 0 Å². The Kier molecular flexibility index (Phi) is 4.25. The fourth-order valence-electron chi connectivity index (χ4n) is 1.94. The third kappa shape index (κ3) is 2.59. The first-order valence-corrected chi connectivity index (χ1v) is 7.93. The highest BCUT2D eigenvalue weighted by Gasteiger charge is 2.26. The van der Waals surface area contributed by atoms with Gasteiger partial charge in [-0.25, -0.2) is 4.98 Å². The minimum atomic E-state index is 0.754. The van der Waals surface area contributed by atoms with Crippen LogP contribution < -0.4 is 4.90 Å². The first kappa shape index (κ1) is 12.4. The molecule has 0 N–H and O–H groups in total. The van der Waals surface area contributed by atoms with Crippen molar-refractivity contribution in [3.05, 3.63) is 10.6 Å². The third-order valence-corrected chi connectivity index (χ3v) is 4.98. The minimum absolute atomic E-state index is 0.754. The lowest BCUT2D eigenvalue weighted by Gasteiger charge is -2.37. The van der Waals surface area contributed by atoms with Crippen molar-refractivity contribution in [3.8, 4) is 0 Å². The molecule has 0 saturated heterocycles. The Morgan fingerprint density at radius 3 is 2.62 bits per heavy atom. The molecule has 1 fully saturated rings. The van der Waals surface area contributed by atoms with Gasteiger partial charge in [-0.15, -0.1) is 11.3 Å². The molecule has 0 atom stereocenters. The SMILES string of the molecule is Cc1nc(N(CCCBr)C2CCC2)sc1C. The van der Waals surface area contributed by atoms with Crippen molar-refractivity contribution in [2.45, 2.75) is 45.6 Å². The lowest BCUT2D eigenvalue weighted by atomic mass is 9.92. The summed E-state index contributed by atoms with van der Waals surface area (Å²) in [6.07, 6.45) is 5.28. The zero-order chi connectivity index (χ0) is 11.5. The number of anilines is 1. The van der Waals surface area contributed by atoms with Crippen LogP contribution in [0.15, 0.2) is 0 Å². The van der Waals surface area contributed by atoms with Crippen LogP contribution in [-0.4, -0.2) is 22.9 Å². The molecule has 0 unspecified atom stereocenters. The van der Waals surface area contributed by atoms with Gasteiger partial charge in [0, 0.05) is 22.8 Å². The molecule has 0 spiro atoms. The Hall–Kier alpha value is -0.0900. The Morgan fingerprint density at radius 2 is 2.19 bits per heavy atom. The highest BCUT2D eigenvalue weighted by atomic mass is 79.9. The van der Waals surface area contributed by atoms with Crippen molar-refractivity contribution < 1.29 is 0 Å². The van der Waals surface area contributed by atoms with Crippen molar-refractivity contribution in [1.82, 2.24) is 4.98 Å². The van der Waals surface area contributed by atoms with Crippen LogP contribution in [0.4, 0.5) is 5.13 Å². The molecule has 0 radical (unpaired) electrons. The van der Waals surface area contributed by atoms with Gasteiger partial charge in [-0.1, -0.05) is 15.9 Å². The van der Waals surface area contributed by atoms with E-state index in [1.54, 1.807) is 0 Å². The second kappa shape index (κ2) is 5.50. The van der Waals surface area contributed by atoms with E-state index >= 15 is 0 Å². The molecule has 90 valence electrons. The lowest BCUT2D eigenvalue weighted by Crippen LogP contribution is -2.41. The monoisotopic (exact) mass is 302 g/mol. The number of hydrogen-bond donors (Lipinski definition) is 0. The smallest absolute Gasteiger partial charge is 0.186 e.